The number of carbonyl (C=O) groups is 1. The van der Waals surface area contributed by atoms with Crippen molar-refractivity contribution < 1.29 is 15.0 Å². The van der Waals surface area contributed by atoms with Crippen molar-refractivity contribution in [3.8, 4) is 0 Å². The van der Waals surface area contributed by atoms with Crippen molar-refractivity contribution in [1.82, 2.24) is 4.90 Å². The average Bonchev–Trinajstić information content (AvgIpc) is 2.45. The second kappa shape index (κ2) is 9.10. The maximum Gasteiger partial charge on any atom is 0.246 e. The van der Waals surface area contributed by atoms with E-state index in [1.165, 1.54) is 18.6 Å². The Morgan fingerprint density at radius 1 is 1.21 bits per heavy atom. The number of unbranched alkanes of at least 4 members (excludes halogenated alkanes) is 2. The molecule has 1 aliphatic heterocycles. The first kappa shape index (κ1) is 16.2. The number of piperidine rings is 1. The highest BCUT2D eigenvalue weighted by Crippen LogP contribution is 2.10. The highest BCUT2D eigenvalue weighted by molar-refractivity contribution is 5.87. The van der Waals surface area contributed by atoms with Crippen molar-refractivity contribution in [3.05, 3.63) is 12.2 Å². The van der Waals surface area contributed by atoms with Crippen LogP contribution in [0.3, 0.4) is 0 Å². The van der Waals surface area contributed by atoms with Crippen molar-refractivity contribution in [2.75, 3.05) is 13.1 Å². The van der Waals surface area contributed by atoms with E-state index in [1.54, 1.807) is 4.90 Å². The first-order valence-electron chi connectivity index (χ1n) is 7.48. The van der Waals surface area contributed by atoms with Gasteiger partial charge in [0.15, 0.2) is 0 Å². The number of carbonyl (C=O) groups excluding carboxylic acids is 1. The van der Waals surface area contributed by atoms with Crippen molar-refractivity contribution >= 4 is 5.91 Å². The molecule has 4 heteroatoms. The summed E-state index contributed by atoms with van der Waals surface area (Å²) in [6, 6.07) is 0. The molecule has 4 nitrogen and oxygen atoms in total. The van der Waals surface area contributed by atoms with Gasteiger partial charge in [-0.3, -0.25) is 4.79 Å². The predicted molar refractivity (Wildman–Crippen MR) is 75.7 cm³/mol. The Morgan fingerprint density at radius 2 is 1.89 bits per heavy atom. The summed E-state index contributed by atoms with van der Waals surface area (Å²) in [5.74, 6) is -0.0560. The van der Waals surface area contributed by atoms with Crippen LogP contribution in [-0.2, 0) is 4.79 Å². The van der Waals surface area contributed by atoms with Gasteiger partial charge in [0.25, 0.3) is 0 Å². The van der Waals surface area contributed by atoms with Gasteiger partial charge in [-0.25, -0.2) is 0 Å². The molecular weight excluding hydrogens is 242 g/mol. The monoisotopic (exact) mass is 269 g/mol. The zero-order valence-electron chi connectivity index (χ0n) is 11.9. The molecule has 110 valence electrons. The molecule has 19 heavy (non-hydrogen) atoms. The predicted octanol–water partition coefficient (Wildman–Crippen LogP) is 1.86. The Bertz CT molecular complexity index is 285. The molecular formula is C15H27NO3. The van der Waals surface area contributed by atoms with Gasteiger partial charge in [0, 0.05) is 19.2 Å². The topological polar surface area (TPSA) is 60.8 Å². The molecule has 1 amide bonds. The number of aliphatic hydroxyl groups is 2. The number of hydrogen-bond acceptors (Lipinski definition) is 3. The molecule has 1 saturated heterocycles. The largest absolute Gasteiger partial charge is 0.390 e. The Balaban J connectivity index is 2.30. The quantitative estimate of drug-likeness (QED) is 0.548. The van der Waals surface area contributed by atoms with Gasteiger partial charge in [-0.05, 0) is 31.8 Å². The molecule has 0 aromatic heterocycles. The normalized spacial score (nSPS) is 19.6. The number of nitrogens with zero attached hydrogens (tertiary/aromatic N) is 1. The summed E-state index contributed by atoms with van der Waals surface area (Å²) in [7, 11) is 0. The van der Waals surface area contributed by atoms with Crippen LogP contribution in [0, 0.1) is 0 Å². The highest BCUT2D eigenvalue weighted by Gasteiger charge is 2.16. The summed E-state index contributed by atoms with van der Waals surface area (Å²) in [5.41, 5.74) is 0. The molecule has 0 radical (unpaired) electrons. The van der Waals surface area contributed by atoms with Gasteiger partial charge in [-0.1, -0.05) is 26.2 Å². The molecule has 0 unspecified atom stereocenters. The third-order valence-corrected chi connectivity index (χ3v) is 3.60. The second-order valence-corrected chi connectivity index (χ2v) is 5.30. The van der Waals surface area contributed by atoms with Crippen LogP contribution in [0.15, 0.2) is 12.2 Å². The lowest BCUT2D eigenvalue weighted by Gasteiger charge is -2.25. The minimum atomic E-state index is -0.939. The lowest BCUT2D eigenvalue weighted by atomic mass is 10.1. The first-order chi connectivity index (χ1) is 9.15. The Hall–Kier alpha value is -0.870. The lowest BCUT2D eigenvalue weighted by molar-refractivity contribution is -0.126. The standard InChI is InChI=1S/C15H27NO3/c1-2-3-5-8-13(17)14(18)9-10-15(19)16-11-6-4-7-12-16/h9-10,13-14,17-18H,2-8,11-12H2,1H3/b10-9+/t13-,14-/m1/s1. The summed E-state index contributed by atoms with van der Waals surface area (Å²) in [6.07, 6.45) is 8.05. The van der Waals surface area contributed by atoms with Gasteiger partial charge in [-0.15, -0.1) is 0 Å². The molecule has 0 bridgehead atoms. The first-order valence-corrected chi connectivity index (χ1v) is 7.48. The van der Waals surface area contributed by atoms with Gasteiger partial charge in [-0.2, -0.15) is 0 Å². The smallest absolute Gasteiger partial charge is 0.246 e. The van der Waals surface area contributed by atoms with Crippen LogP contribution in [0.2, 0.25) is 0 Å². The molecule has 1 heterocycles. The summed E-state index contributed by atoms with van der Waals surface area (Å²) in [4.78, 5) is 13.6. The van der Waals surface area contributed by atoms with Gasteiger partial charge >= 0.3 is 0 Å². The number of hydrogen-bond donors (Lipinski definition) is 2. The molecule has 2 atom stereocenters. The van der Waals surface area contributed by atoms with Gasteiger partial charge in [0.05, 0.1) is 12.2 Å². The second-order valence-electron chi connectivity index (χ2n) is 5.30. The molecule has 0 aromatic carbocycles. The van der Waals surface area contributed by atoms with E-state index in [4.69, 9.17) is 0 Å². The maximum atomic E-state index is 11.8. The summed E-state index contributed by atoms with van der Waals surface area (Å²) in [5, 5.41) is 19.5. The van der Waals surface area contributed by atoms with E-state index in [0.29, 0.717) is 6.42 Å². The Kier molecular flexibility index (Phi) is 7.75. The van der Waals surface area contributed by atoms with Crippen LogP contribution in [0.5, 0.6) is 0 Å². The minimum absolute atomic E-state index is 0.0560. The number of aliphatic hydroxyl groups excluding tert-OH is 2. The van der Waals surface area contributed by atoms with E-state index >= 15 is 0 Å². The van der Waals surface area contributed by atoms with Crippen molar-refractivity contribution in [1.29, 1.82) is 0 Å². The SMILES string of the molecule is CCCCC[C@@H](O)[C@H](O)/C=C/C(=O)N1CCCCC1. The molecule has 0 spiro atoms. The van der Waals surface area contributed by atoms with Gasteiger partial charge in [0.2, 0.25) is 5.91 Å². The summed E-state index contributed by atoms with van der Waals surface area (Å²) >= 11 is 0. The van der Waals surface area contributed by atoms with E-state index in [9.17, 15) is 15.0 Å². The zero-order valence-corrected chi connectivity index (χ0v) is 11.9. The number of rotatable bonds is 7. The number of likely N-dealkylation sites (tertiary alicyclic amines) is 1. The molecule has 0 aromatic rings. The third-order valence-electron chi connectivity index (χ3n) is 3.60. The lowest BCUT2D eigenvalue weighted by Crippen LogP contribution is -2.34. The van der Waals surface area contributed by atoms with Crippen molar-refractivity contribution in [2.24, 2.45) is 0 Å². The van der Waals surface area contributed by atoms with E-state index in [1.807, 2.05) is 0 Å². The van der Waals surface area contributed by atoms with Crippen molar-refractivity contribution in [2.45, 2.75) is 64.1 Å². The van der Waals surface area contributed by atoms with Crippen LogP contribution >= 0.6 is 0 Å². The fourth-order valence-electron chi connectivity index (χ4n) is 2.30. The minimum Gasteiger partial charge on any atom is -0.390 e. The molecule has 0 aliphatic carbocycles. The van der Waals surface area contributed by atoms with E-state index < -0.39 is 12.2 Å². The number of amides is 1. The van der Waals surface area contributed by atoms with Crippen LogP contribution in [0.1, 0.15) is 51.9 Å². The fraction of sp³-hybridized carbons (Fsp3) is 0.800. The Morgan fingerprint density at radius 3 is 2.53 bits per heavy atom. The highest BCUT2D eigenvalue weighted by atomic mass is 16.3. The molecule has 1 fully saturated rings. The van der Waals surface area contributed by atoms with Gasteiger partial charge in [0.1, 0.15) is 0 Å². The summed E-state index contributed by atoms with van der Waals surface area (Å²) in [6.45, 7) is 3.71. The van der Waals surface area contributed by atoms with Crippen LogP contribution < -0.4 is 0 Å². The zero-order chi connectivity index (χ0) is 14.1. The van der Waals surface area contributed by atoms with Crippen molar-refractivity contribution in [3.63, 3.8) is 0 Å². The third kappa shape index (κ3) is 6.21. The molecule has 2 N–H and O–H groups in total. The molecule has 1 rings (SSSR count). The maximum absolute atomic E-state index is 11.8. The van der Waals surface area contributed by atoms with Crippen LogP contribution in [0.4, 0.5) is 0 Å². The van der Waals surface area contributed by atoms with E-state index in [0.717, 1.165) is 45.2 Å². The van der Waals surface area contributed by atoms with E-state index in [-0.39, 0.29) is 5.91 Å². The van der Waals surface area contributed by atoms with Gasteiger partial charge < -0.3 is 15.1 Å². The van der Waals surface area contributed by atoms with Crippen LogP contribution in [0.25, 0.3) is 0 Å². The molecule has 1 aliphatic rings. The summed E-state index contributed by atoms with van der Waals surface area (Å²) < 4.78 is 0. The average molecular weight is 269 g/mol. The molecule has 0 saturated carbocycles. The Labute approximate surface area is 116 Å². The van der Waals surface area contributed by atoms with Crippen LogP contribution in [-0.4, -0.2) is 46.3 Å². The van der Waals surface area contributed by atoms with E-state index in [2.05, 4.69) is 6.92 Å². The fourth-order valence-corrected chi connectivity index (χ4v) is 2.30.